The Hall–Kier alpha value is -1.33. The summed E-state index contributed by atoms with van der Waals surface area (Å²) in [6, 6.07) is 7.85. The summed E-state index contributed by atoms with van der Waals surface area (Å²) in [4.78, 5) is 0. The SMILES string of the molecule is CNCc1cc(COc2ccc(C)cc2Br)on1. The van der Waals surface area contributed by atoms with Crippen molar-refractivity contribution in [2.24, 2.45) is 0 Å². The number of hydrogen-bond acceptors (Lipinski definition) is 4. The first-order chi connectivity index (χ1) is 8.69. The fourth-order valence-electron chi connectivity index (χ4n) is 1.56. The van der Waals surface area contributed by atoms with Gasteiger partial charge in [0.15, 0.2) is 5.76 Å². The Labute approximate surface area is 114 Å². The van der Waals surface area contributed by atoms with E-state index in [1.54, 1.807) is 0 Å². The van der Waals surface area contributed by atoms with Crippen LogP contribution in [0.3, 0.4) is 0 Å². The lowest BCUT2D eigenvalue weighted by Crippen LogP contribution is -2.04. The standard InChI is InChI=1S/C13H15BrN2O2/c1-9-3-4-13(12(14)5-9)17-8-11-6-10(7-15-2)16-18-11/h3-6,15H,7-8H2,1-2H3. The van der Waals surface area contributed by atoms with Crippen molar-refractivity contribution in [3.8, 4) is 5.75 Å². The highest BCUT2D eigenvalue weighted by Gasteiger charge is 2.06. The normalized spacial score (nSPS) is 10.6. The van der Waals surface area contributed by atoms with Gasteiger partial charge >= 0.3 is 0 Å². The summed E-state index contributed by atoms with van der Waals surface area (Å²) < 4.78 is 11.8. The molecule has 0 bridgehead atoms. The largest absolute Gasteiger partial charge is 0.484 e. The summed E-state index contributed by atoms with van der Waals surface area (Å²) in [6.07, 6.45) is 0. The van der Waals surface area contributed by atoms with E-state index in [0.717, 1.165) is 15.9 Å². The molecule has 0 spiro atoms. The van der Waals surface area contributed by atoms with Crippen LogP contribution in [0.5, 0.6) is 5.75 Å². The molecule has 1 N–H and O–H groups in total. The fraction of sp³-hybridized carbons (Fsp3) is 0.308. The van der Waals surface area contributed by atoms with Gasteiger partial charge in [-0.15, -0.1) is 0 Å². The van der Waals surface area contributed by atoms with Crippen molar-refractivity contribution in [3.05, 3.63) is 45.8 Å². The third kappa shape index (κ3) is 3.34. The molecule has 0 unspecified atom stereocenters. The number of aromatic nitrogens is 1. The molecule has 2 aromatic rings. The molecule has 0 atom stereocenters. The summed E-state index contributed by atoms with van der Waals surface area (Å²) in [6.45, 7) is 3.10. The Balaban J connectivity index is 1.97. The van der Waals surface area contributed by atoms with Gasteiger partial charge in [0.2, 0.25) is 0 Å². The van der Waals surface area contributed by atoms with Crippen molar-refractivity contribution in [1.82, 2.24) is 10.5 Å². The lowest BCUT2D eigenvalue weighted by atomic mass is 10.2. The van der Waals surface area contributed by atoms with Crippen LogP contribution >= 0.6 is 15.9 Å². The number of ether oxygens (including phenoxy) is 1. The van der Waals surface area contributed by atoms with Crippen LogP contribution in [0.1, 0.15) is 17.0 Å². The van der Waals surface area contributed by atoms with Crippen LogP contribution in [0, 0.1) is 6.92 Å². The third-order valence-corrected chi connectivity index (χ3v) is 3.04. The summed E-state index contributed by atoms with van der Waals surface area (Å²) in [5, 5.41) is 6.94. The van der Waals surface area contributed by atoms with Gasteiger partial charge in [-0.25, -0.2) is 0 Å². The zero-order valence-corrected chi connectivity index (χ0v) is 12.0. The number of rotatable bonds is 5. The minimum absolute atomic E-state index is 0.373. The molecule has 2 rings (SSSR count). The second-order valence-electron chi connectivity index (χ2n) is 4.04. The van der Waals surface area contributed by atoms with Gasteiger partial charge in [0, 0.05) is 12.6 Å². The molecule has 0 amide bonds. The van der Waals surface area contributed by atoms with Crippen molar-refractivity contribution in [3.63, 3.8) is 0 Å². The Kier molecular flexibility index (Phi) is 4.38. The van der Waals surface area contributed by atoms with E-state index in [2.05, 4.69) is 26.4 Å². The predicted molar refractivity (Wildman–Crippen MR) is 72.5 cm³/mol. The monoisotopic (exact) mass is 310 g/mol. The van der Waals surface area contributed by atoms with E-state index in [9.17, 15) is 0 Å². The van der Waals surface area contributed by atoms with E-state index in [1.807, 2.05) is 38.2 Å². The first-order valence-corrected chi connectivity index (χ1v) is 6.46. The zero-order chi connectivity index (χ0) is 13.0. The second-order valence-corrected chi connectivity index (χ2v) is 4.89. The van der Waals surface area contributed by atoms with E-state index >= 15 is 0 Å². The zero-order valence-electron chi connectivity index (χ0n) is 10.4. The van der Waals surface area contributed by atoms with Crippen LogP contribution in [0.25, 0.3) is 0 Å². The molecule has 0 aliphatic carbocycles. The molecular weight excluding hydrogens is 296 g/mol. The van der Waals surface area contributed by atoms with E-state index in [4.69, 9.17) is 9.26 Å². The maximum atomic E-state index is 5.67. The third-order valence-electron chi connectivity index (χ3n) is 2.42. The minimum Gasteiger partial charge on any atom is -0.484 e. The van der Waals surface area contributed by atoms with Gasteiger partial charge in [0.05, 0.1) is 10.2 Å². The predicted octanol–water partition coefficient (Wildman–Crippen LogP) is 3.04. The second kappa shape index (κ2) is 6.02. The molecule has 1 aromatic carbocycles. The first kappa shape index (κ1) is 13.1. The van der Waals surface area contributed by atoms with Crippen LogP contribution in [0.2, 0.25) is 0 Å². The number of aryl methyl sites for hydroxylation is 1. The number of nitrogens with one attached hydrogen (secondary N) is 1. The Bertz CT molecular complexity index is 525. The van der Waals surface area contributed by atoms with Gasteiger partial charge in [-0.2, -0.15) is 0 Å². The minimum atomic E-state index is 0.373. The van der Waals surface area contributed by atoms with E-state index in [-0.39, 0.29) is 0 Å². The maximum absolute atomic E-state index is 5.67. The number of hydrogen-bond donors (Lipinski definition) is 1. The summed E-state index contributed by atoms with van der Waals surface area (Å²) in [5.41, 5.74) is 2.06. The maximum Gasteiger partial charge on any atom is 0.174 e. The van der Waals surface area contributed by atoms with Crippen LogP contribution in [0.4, 0.5) is 0 Å². The highest BCUT2D eigenvalue weighted by atomic mass is 79.9. The summed E-state index contributed by atoms with van der Waals surface area (Å²) >= 11 is 3.47. The topological polar surface area (TPSA) is 47.3 Å². The van der Waals surface area contributed by atoms with Crippen LogP contribution < -0.4 is 10.1 Å². The van der Waals surface area contributed by atoms with Gasteiger partial charge in [0.1, 0.15) is 12.4 Å². The molecule has 0 fully saturated rings. The molecule has 0 radical (unpaired) electrons. The molecule has 96 valence electrons. The summed E-state index contributed by atoms with van der Waals surface area (Å²) in [5.74, 6) is 1.51. The van der Waals surface area contributed by atoms with Crippen molar-refractivity contribution in [1.29, 1.82) is 0 Å². The fourth-order valence-corrected chi connectivity index (χ4v) is 2.17. The molecule has 18 heavy (non-hydrogen) atoms. The van der Waals surface area contributed by atoms with Gasteiger partial charge in [0.25, 0.3) is 0 Å². The average molecular weight is 311 g/mol. The van der Waals surface area contributed by atoms with Crippen molar-refractivity contribution >= 4 is 15.9 Å². The Morgan fingerprint density at radius 1 is 1.39 bits per heavy atom. The van der Waals surface area contributed by atoms with Gasteiger partial charge in [-0.3, -0.25) is 0 Å². The smallest absolute Gasteiger partial charge is 0.174 e. The van der Waals surface area contributed by atoms with Gasteiger partial charge in [-0.05, 0) is 47.6 Å². The Morgan fingerprint density at radius 3 is 2.94 bits per heavy atom. The van der Waals surface area contributed by atoms with E-state index in [1.165, 1.54) is 5.56 Å². The molecule has 1 heterocycles. The van der Waals surface area contributed by atoms with E-state index in [0.29, 0.717) is 18.9 Å². The average Bonchev–Trinajstić information content (AvgIpc) is 2.76. The van der Waals surface area contributed by atoms with Gasteiger partial charge < -0.3 is 14.6 Å². The molecule has 0 aliphatic rings. The Morgan fingerprint density at radius 2 is 2.22 bits per heavy atom. The first-order valence-electron chi connectivity index (χ1n) is 5.67. The molecule has 0 saturated heterocycles. The van der Waals surface area contributed by atoms with Crippen LogP contribution in [0.15, 0.2) is 33.3 Å². The number of halogens is 1. The van der Waals surface area contributed by atoms with Crippen molar-refractivity contribution in [2.75, 3.05) is 7.05 Å². The summed E-state index contributed by atoms with van der Waals surface area (Å²) in [7, 11) is 1.87. The quantitative estimate of drug-likeness (QED) is 0.922. The van der Waals surface area contributed by atoms with Crippen molar-refractivity contribution < 1.29 is 9.26 Å². The van der Waals surface area contributed by atoms with Crippen LogP contribution in [-0.2, 0) is 13.2 Å². The molecule has 0 aliphatic heterocycles. The van der Waals surface area contributed by atoms with E-state index < -0.39 is 0 Å². The molecule has 4 nitrogen and oxygen atoms in total. The molecule has 1 aromatic heterocycles. The highest BCUT2D eigenvalue weighted by molar-refractivity contribution is 9.10. The van der Waals surface area contributed by atoms with Crippen LogP contribution in [-0.4, -0.2) is 12.2 Å². The molecular formula is C13H15BrN2O2. The van der Waals surface area contributed by atoms with Gasteiger partial charge in [-0.1, -0.05) is 11.2 Å². The lowest BCUT2D eigenvalue weighted by Gasteiger charge is -2.06. The van der Waals surface area contributed by atoms with Crippen molar-refractivity contribution in [2.45, 2.75) is 20.1 Å². The molecule has 5 heteroatoms. The number of benzene rings is 1. The lowest BCUT2D eigenvalue weighted by molar-refractivity contribution is 0.247. The highest BCUT2D eigenvalue weighted by Crippen LogP contribution is 2.26. The number of nitrogens with zero attached hydrogens (tertiary/aromatic N) is 1. The molecule has 0 saturated carbocycles.